The van der Waals surface area contributed by atoms with Gasteiger partial charge in [-0.1, -0.05) is 28.1 Å². The number of carbonyl (C=O) groups is 1. The van der Waals surface area contributed by atoms with E-state index in [4.69, 9.17) is 0 Å². The molecule has 98 valence electrons. The number of carboxylic acids is 1. The van der Waals surface area contributed by atoms with E-state index >= 15 is 0 Å². The Kier molecular flexibility index (Phi) is 4.50. The Morgan fingerprint density at radius 2 is 1.63 bits per heavy atom. The second-order valence-corrected chi connectivity index (χ2v) is 5.98. The lowest BCUT2D eigenvalue weighted by molar-refractivity contribution is -0.136. The average molecular weight is 339 g/mol. The van der Waals surface area contributed by atoms with Crippen molar-refractivity contribution in [2.45, 2.75) is 10.1 Å². The number of aliphatic carboxylic acids is 1. The van der Waals surface area contributed by atoms with Crippen LogP contribution in [0.25, 0.3) is 0 Å². The van der Waals surface area contributed by atoms with Gasteiger partial charge in [0.25, 0.3) is 0 Å². The Balaban J connectivity index is 2.23. The molecule has 5 heteroatoms. The van der Waals surface area contributed by atoms with Crippen LogP contribution >= 0.6 is 27.7 Å². The minimum Gasteiger partial charge on any atom is -0.508 e. The summed E-state index contributed by atoms with van der Waals surface area (Å²) in [6.45, 7) is 0. The lowest BCUT2D eigenvalue weighted by Crippen LogP contribution is -2.07. The standard InChI is InChI=1S/C14H11BrO3S/c15-10-3-1-9(2-4-10)13(14(17)18)19-12-7-5-11(16)6-8-12/h1-8,13,16H,(H,17,18). The Labute approximate surface area is 123 Å². The fourth-order valence-electron chi connectivity index (χ4n) is 1.56. The summed E-state index contributed by atoms with van der Waals surface area (Å²) in [5, 5.41) is 17.9. The zero-order valence-corrected chi connectivity index (χ0v) is 12.2. The Bertz CT molecular complexity index is 566. The van der Waals surface area contributed by atoms with Crippen LogP contribution in [0.1, 0.15) is 10.8 Å². The highest BCUT2D eigenvalue weighted by molar-refractivity contribution is 9.10. The maximum atomic E-state index is 11.4. The van der Waals surface area contributed by atoms with Crippen LogP contribution in [-0.4, -0.2) is 16.2 Å². The lowest BCUT2D eigenvalue weighted by atomic mass is 10.1. The summed E-state index contributed by atoms with van der Waals surface area (Å²) in [7, 11) is 0. The predicted molar refractivity (Wildman–Crippen MR) is 78.5 cm³/mol. The number of benzene rings is 2. The van der Waals surface area contributed by atoms with Gasteiger partial charge in [0.05, 0.1) is 0 Å². The van der Waals surface area contributed by atoms with Gasteiger partial charge in [-0.3, -0.25) is 4.79 Å². The Hall–Kier alpha value is -1.46. The SMILES string of the molecule is O=C(O)C(Sc1ccc(O)cc1)c1ccc(Br)cc1. The molecule has 2 aromatic carbocycles. The first-order valence-corrected chi connectivity index (χ1v) is 7.17. The third kappa shape index (κ3) is 3.75. The van der Waals surface area contributed by atoms with Crippen molar-refractivity contribution in [3.63, 3.8) is 0 Å². The summed E-state index contributed by atoms with van der Waals surface area (Å²) in [6, 6.07) is 13.7. The van der Waals surface area contributed by atoms with E-state index in [9.17, 15) is 15.0 Å². The summed E-state index contributed by atoms with van der Waals surface area (Å²) in [6.07, 6.45) is 0. The maximum absolute atomic E-state index is 11.4. The van der Waals surface area contributed by atoms with Crippen molar-refractivity contribution in [2.75, 3.05) is 0 Å². The topological polar surface area (TPSA) is 57.5 Å². The maximum Gasteiger partial charge on any atom is 0.321 e. The number of hydrogen-bond donors (Lipinski definition) is 2. The molecule has 0 fully saturated rings. The van der Waals surface area contributed by atoms with E-state index in [1.807, 2.05) is 12.1 Å². The molecule has 0 bridgehead atoms. The summed E-state index contributed by atoms with van der Waals surface area (Å²) in [5.41, 5.74) is 0.730. The fraction of sp³-hybridized carbons (Fsp3) is 0.0714. The van der Waals surface area contributed by atoms with Crippen LogP contribution in [-0.2, 0) is 4.79 Å². The number of rotatable bonds is 4. The molecule has 0 spiro atoms. The van der Waals surface area contributed by atoms with Crippen molar-refractivity contribution in [3.8, 4) is 5.75 Å². The second kappa shape index (κ2) is 6.12. The lowest BCUT2D eigenvalue weighted by Gasteiger charge is -2.12. The third-order valence-electron chi connectivity index (χ3n) is 2.49. The van der Waals surface area contributed by atoms with Gasteiger partial charge in [-0.2, -0.15) is 0 Å². The van der Waals surface area contributed by atoms with Gasteiger partial charge in [-0.15, -0.1) is 11.8 Å². The number of phenolic OH excluding ortho intramolecular Hbond substituents is 1. The van der Waals surface area contributed by atoms with Gasteiger partial charge in [0.15, 0.2) is 0 Å². The van der Waals surface area contributed by atoms with Crippen LogP contribution in [0, 0.1) is 0 Å². The number of aromatic hydroxyl groups is 1. The highest BCUT2D eigenvalue weighted by Gasteiger charge is 2.21. The Morgan fingerprint density at radius 1 is 1.05 bits per heavy atom. The average Bonchev–Trinajstić information content (AvgIpc) is 2.39. The van der Waals surface area contributed by atoms with Gasteiger partial charge < -0.3 is 10.2 Å². The molecule has 0 heterocycles. The normalized spacial score (nSPS) is 12.1. The van der Waals surface area contributed by atoms with E-state index in [0.717, 1.165) is 14.9 Å². The van der Waals surface area contributed by atoms with Crippen LogP contribution in [0.15, 0.2) is 57.9 Å². The van der Waals surface area contributed by atoms with Crippen LogP contribution < -0.4 is 0 Å². The molecule has 1 atom stereocenters. The minimum absolute atomic E-state index is 0.167. The van der Waals surface area contributed by atoms with E-state index in [1.165, 1.54) is 11.8 Å². The largest absolute Gasteiger partial charge is 0.508 e. The van der Waals surface area contributed by atoms with Crippen molar-refractivity contribution < 1.29 is 15.0 Å². The monoisotopic (exact) mass is 338 g/mol. The molecule has 1 unspecified atom stereocenters. The van der Waals surface area contributed by atoms with Crippen LogP contribution in [0.5, 0.6) is 5.75 Å². The molecule has 0 aliphatic rings. The molecular weight excluding hydrogens is 328 g/mol. The number of thioether (sulfide) groups is 1. The highest BCUT2D eigenvalue weighted by Crippen LogP contribution is 2.36. The Morgan fingerprint density at radius 3 is 2.16 bits per heavy atom. The van der Waals surface area contributed by atoms with Crippen molar-refractivity contribution in [2.24, 2.45) is 0 Å². The molecule has 2 aromatic rings. The quantitative estimate of drug-likeness (QED) is 0.825. The number of halogens is 1. The molecule has 0 saturated heterocycles. The molecule has 0 aromatic heterocycles. The highest BCUT2D eigenvalue weighted by atomic mass is 79.9. The van der Waals surface area contributed by atoms with Crippen molar-refractivity contribution in [3.05, 3.63) is 58.6 Å². The third-order valence-corrected chi connectivity index (χ3v) is 4.27. The molecule has 0 aliphatic carbocycles. The summed E-state index contributed by atoms with van der Waals surface area (Å²) >= 11 is 4.56. The smallest absolute Gasteiger partial charge is 0.321 e. The van der Waals surface area contributed by atoms with Gasteiger partial charge in [0.1, 0.15) is 11.0 Å². The number of carboxylic acid groups (broad SMARTS) is 1. The van der Waals surface area contributed by atoms with Crippen LogP contribution in [0.3, 0.4) is 0 Å². The second-order valence-electron chi connectivity index (χ2n) is 3.88. The molecule has 2 N–H and O–H groups in total. The van der Waals surface area contributed by atoms with E-state index < -0.39 is 11.2 Å². The molecular formula is C14H11BrO3S. The first kappa shape index (κ1) is 14.0. The van der Waals surface area contributed by atoms with Crippen molar-refractivity contribution in [1.82, 2.24) is 0 Å². The molecule has 0 aliphatic heterocycles. The van der Waals surface area contributed by atoms with Gasteiger partial charge in [0.2, 0.25) is 0 Å². The molecule has 19 heavy (non-hydrogen) atoms. The van der Waals surface area contributed by atoms with Crippen LogP contribution in [0.4, 0.5) is 0 Å². The van der Waals surface area contributed by atoms with Gasteiger partial charge in [0, 0.05) is 9.37 Å². The first-order chi connectivity index (χ1) is 9.06. The summed E-state index contributed by atoms with van der Waals surface area (Å²) < 4.78 is 0.912. The van der Waals surface area contributed by atoms with E-state index in [2.05, 4.69) is 15.9 Å². The van der Waals surface area contributed by atoms with E-state index in [1.54, 1.807) is 36.4 Å². The zero-order chi connectivity index (χ0) is 13.8. The summed E-state index contributed by atoms with van der Waals surface area (Å²) in [4.78, 5) is 12.2. The fourth-order valence-corrected chi connectivity index (χ4v) is 2.78. The molecule has 2 rings (SSSR count). The van der Waals surface area contributed by atoms with E-state index in [0.29, 0.717) is 0 Å². The van der Waals surface area contributed by atoms with Gasteiger partial charge in [-0.05, 0) is 42.0 Å². The van der Waals surface area contributed by atoms with Crippen molar-refractivity contribution in [1.29, 1.82) is 0 Å². The van der Waals surface area contributed by atoms with Crippen molar-refractivity contribution >= 4 is 33.7 Å². The first-order valence-electron chi connectivity index (χ1n) is 5.50. The van der Waals surface area contributed by atoms with E-state index in [-0.39, 0.29) is 5.75 Å². The predicted octanol–water partition coefficient (Wildman–Crippen LogP) is 4.07. The number of phenols is 1. The zero-order valence-electron chi connectivity index (χ0n) is 9.79. The summed E-state index contributed by atoms with van der Waals surface area (Å²) in [5.74, 6) is -0.722. The van der Waals surface area contributed by atoms with Crippen LogP contribution in [0.2, 0.25) is 0 Å². The molecule has 0 radical (unpaired) electrons. The van der Waals surface area contributed by atoms with Gasteiger partial charge in [-0.25, -0.2) is 0 Å². The molecule has 0 saturated carbocycles. The molecule has 3 nitrogen and oxygen atoms in total. The van der Waals surface area contributed by atoms with Gasteiger partial charge >= 0.3 is 5.97 Å². The number of hydrogen-bond acceptors (Lipinski definition) is 3. The minimum atomic E-state index is -0.889. The molecule has 0 amide bonds.